The van der Waals surface area contributed by atoms with Gasteiger partial charge in [0.15, 0.2) is 0 Å². The van der Waals surface area contributed by atoms with Gasteiger partial charge in [0.1, 0.15) is 17.7 Å². The van der Waals surface area contributed by atoms with E-state index in [0.717, 1.165) is 12.8 Å². The third-order valence-corrected chi connectivity index (χ3v) is 6.78. The first-order valence-electron chi connectivity index (χ1n) is 12.5. The number of hydrogen-bond acceptors (Lipinski definition) is 5. The molecule has 1 aliphatic carbocycles. The molecule has 10 heteroatoms. The van der Waals surface area contributed by atoms with Gasteiger partial charge in [0.05, 0.1) is 24.8 Å². The van der Waals surface area contributed by atoms with E-state index in [1.54, 1.807) is 37.1 Å². The van der Waals surface area contributed by atoms with Crippen LogP contribution in [0.4, 0.5) is 20.6 Å². The van der Waals surface area contributed by atoms with E-state index < -0.39 is 18.0 Å². The lowest BCUT2D eigenvalue weighted by Gasteiger charge is -2.38. The van der Waals surface area contributed by atoms with Gasteiger partial charge >= 0.3 is 6.03 Å². The topological polar surface area (TPSA) is 111 Å². The van der Waals surface area contributed by atoms with Crippen LogP contribution in [-0.2, 0) is 4.79 Å². The zero-order chi connectivity index (χ0) is 26.7. The molecule has 1 aliphatic heterocycles. The number of aliphatic hydroxyl groups is 1. The fraction of sp³-hybridized carbons (Fsp3) is 0.444. The van der Waals surface area contributed by atoms with Gasteiger partial charge in [0.2, 0.25) is 5.91 Å². The number of anilines is 2. The smallest absolute Gasteiger partial charge is 0.321 e. The van der Waals surface area contributed by atoms with Gasteiger partial charge in [-0.3, -0.25) is 9.59 Å². The molecule has 2 aromatic rings. The largest absolute Gasteiger partial charge is 0.487 e. The summed E-state index contributed by atoms with van der Waals surface area (Å²) in [5, 5.41) is 15.4. The highest BCUT2D eigenvalue weighted by Crippen LogP contribution is 2.33. The predicted molar refractivity (Wildman–Crippen MR) is 137 cm³/mol. The summed E-state index contributed by atoms with van der Waals surface area (Å²) in [6, 6.07) is 9.61. The van der Waals surface area contributed by atoms with Crippen molar-refractivity contribution in [1.29, 1.82) is 0 Å². The van der Waals surface area contributed by atoms with E-state index in [-0.39, 0.29) is 48.4 Å². The summed E-state index contributed by atoms with van der Waals surface area (Å²) in [7, 11) is 1.63. The number of nitrogens with one attached hydrogen (secondary N) is 2. The van der Waals surface area contributed by atoms with Crippen LogP contribution in [0, 0.1) is 17.7 Å². The summed E-state index contributed by atoms with van der Waals surface area (Å²) < 4.78 is 19.5. The van der Waals surface area contributed by atoms with Crippen LogP contribution in [0.2, 0.25) is 0 Å². The third kappa shape index (κ3) is 6.37. The molecule has 0 aromatic heterocycles. The minimum Gasteiger partial charge on any atom is -0.487 e. The molecule has 9 nitrogen and oxygen atoms in total. The minimum atomic E-state index is -0.476. The number of rotatable bonds is 7. The van der Waals surface area contributed by atoms with Gasteiger partial charge < -0.3 is 30.3 Å². The second-order valence-corrected chi connectivity index (χ2v) is 9.91. The van der Waals surface area contributed by atoms with Gasteiger partial charge in [-0.25, -0.2) is 9.18 Å². The van der Waals surface area contributed by atoms with Crippen LogP contribution in [0.5, 0.6) is 5.75 Å². The van der Waals surface area contributed by atoms with Crippen LogP contribution < -0.4 is 15.4 Å². The summed E-state index contributed by atoms with van der Waals surface area (Å²) in [6.45, 7) is 4.00. The summed E-state index contributed by atoms with van der Waals surface area (Å²) in [5.74, 6) is -0.586. The number of carbonyl (C=O) groups excluding carboxylic acids is 3. The maximum absolute atomic E-state index is 13.5. The monoisotopic (exact) mass is 512 g/mol. The van der Waals surface area contributed by atoms with Crippen molar-refractivity contribution in [3.63, 3.8) is 0 Å². The van der Waals surface area contributed by atoms with Crippen molar-refractivity contribution in [3.8, 4) is 5.75 Å². The molecule has 0 unspecified atom stereocenters. The number of fused-ring (bicyclic) bond motifs is 1. The molecule has 0 radical (unpaired) electrons. The molecule has 0 saturated heterocycles. The Balaban J connectivity index is 1.56. The lowest BCUT2D eigenvalue weighted by atomic mass is 9.99. The van der Waals surface area contributed by atoms with Crippen molar-refractivity contribution in [2.45, 2.75) is 38.8 Å². The summed E-state index contributed by atoms with van der Waals surface area (Å²) >= 11 is 0. The molecule has 2 aliphatic rings. The first-order chi connectivity index (χ1) is 17.7. The zero-order valence-corrected chi connectivity index (χ0v) is 21.2. The average molecular weight is 513 g/mol. The third-order valence-electron chi connectivity index (χ3n) is 6.78. The molecule has 2 aromatic carbocycles. The lowest BCUT2D eigenvalue weighted by molar-refractivity contribution is -0.117. The van der Waals surface area contributed by atoms with Gasteiger partial charge in [-0.1, -0.05) is 6.92 Å². The molecule has 4 rings (SSSR count). The maximum Gasteiger partial charge on any atom is 0.321 e. The van der Waals surface area contributed by atoms with Gasteiger partial charge in [0, 0.05) is 36.8 Å². The van der Waals surface area contributed by atoms with Crippen molar-refractivity contribution in [2.24, 2.45) is 11.8 Å². The molecule has 1 heterocycles. The minimum absolute atomic E-state index is 0.0155. The van der Waals surface area contributed by atoms with Crippen LogP contribution in [-0.4, -0.2) is 71.6 Å². The van der Waals surface area contributed by atoms with Gasteiger partial charge in [0.25, 0.3) is 5.91 Å². The number of ether oxygens (including phenoxy) is 1. The van der Waals surface area contributed by atoms with E-state index in [4.69, 9.17) is 4.74 Å². The van der Waals surface area contributed by atoms with Crippen molar-refractivity contribution < 1.29 is 28.6 Å². The summed E-state index contributed by atoms with van der Waals surface area (Å²) in [5.41, 5.74) is 1.25. The van der Waals surface area contributed by atoms with Crippen molar-refractivity contribution in [1.82, 2.24) is 9.80 Å². The number of amides is 4. The first kappa shape index (κ1) is 26.4. The van der Waals surface area contributed by atoms with Gasteiger partial charge in [-0.15, -0.1) is 0 Å². The molecule has 0 spiro atoms. The number of urea groups is 1. The number of aliphatic hydroxyl groups excluding tert-OH is 1. The highest BCUT2D eigenvalue weighted by molar-refractivity contribution is 6.00. The van der Waals surface area contributed by atoms with Crippen molar-refractivity contribution in [2.75, 3.05) is 37.4 Å². The Morgan fingerprint density at radius 3 is 2.49 bits per heavy atom. The first-order valence-corrected chi connectivity index (χ1v) is 12.5. The molecular formula is C27H33FN4O5. The van der Waals surface area contributed by atoms with E-state index in [2.05, 4.69) is 10.6 Å². The molecule has 37 heavy (non-hydrogen) atoms. The molecule has 0 bridgehead atoms. The van der Waals surface area contributed by atoms with Crippen molar-refractivity contribution >= 4 is 29.2 Å². The maximum atomic E-state index is 13.5. The van der Waals surface area contributed by atoms with Crippen LogP contribution in [0.25, 0.3) is 0 Å². The fourth-order valence-electron chi connectivity index (χ4n) is 4.21. The number of carbonyl (C=O) groups is 3. The number of likely N-dealkylation sites (N-methyl/N-ethyl adjacent to an activating group) is 1. The Labute approximate surface area is 215 Å². The number of benzene rings is 2. The molecular weight excluding hydrogens is 479 g/mol. The van der Waals surface area contributed by atoms with Gasteiger partial charge in [-0.05, 0) is 62.2 Å². The number of hydrogen-bond donors (Lipinski definition) is 3. The molecule has 1 fully saturated rings. The van der Waals surface area contributed by atoms with E-state index in [1.165, 1.54) is 29.2 Å². The van der Waals surface area contributed by atoms with Crippen molar-refractivity contribution in [3.05, 3.63) is 53.8 Å². The molecule has 1 saturated carbocycles. The average Bonchev–Trinajstić information content (AvgIpc) is 3.73. The summed E-state index contributed by atoms with van der Waals surface area (Å²) in [4.78, 5) is 41.6. The Morgan fingerprint density at radius 1 is 1.16 bits per heavy atom. The zero-order valence-electron chi connectivity index (χ0n) is 21.2. The highest BCUT2D eigenvalue weighted by atomic mass is 19.1. The Bertz CT molecular complexity index is 1150. The highest BCUT2D eigenvalue weighted by Gasteiger charge is 2.35. The SMILES string of the molecule is C[C@@H]1CN([C@H](C)CO)C(=O)c2cc(NC(=O)C3CC3)ccc2O[C@@H]1CN(C)C(=O)Nc1ccc(F)cc1. The second-order valence-electron chi connectivity index (χ2n) is 9.91. The lowest BCUT2D eigenvalue weighted by Crippen LogP contribution is -2.50. The second kappa shape index (κ2) is 11.2. The number of nitrogens with zero attached hydrogens (tertiary/aromatic N) is 2. The van der Waals surface area contributed by atoms with Crippen LogP contribution >= 0.6 is 0 Å². The predicted octanol–water partition coefficient (Wildman–Crippen LogP) is 3.56. The molecule has 3 atom stereocenters. The fourth-order valence-corrected chi connectivity index (χ4v) is 4.21. The van der Waals surface area contributed by atoms with E-state index in [1.807, 2.05) is 6.92 Å². The molecule has 3 N–H and O–H groups in total. The van der Waals surface area contributed by atoms with Crippen LogP contribution in [0.3, 0.4) is 0 Å². The van der Waals surface area contributed by atoms with Crippen LogP contribution in [0.15, 0.2) is 42.5 Å². The van der Waals surface area contributed by atoms with Crippen LogP contribution in [0.1, 0.15) is 37.0 Å². The Kier molecular flexibility index (Phi) is 7.97. The standard InChI is InChI=1S/C27H33FN4O5/c1-16-13-32(17(2)15-33)26(35)22-12-21(29-25(34)18-4-5-18)10-11-23(22)37-24(16)14-31(3)27(36)30-20-8-6-19(28)7-9-20/h6-12,16-18,24,33H,4-5,13-15H2,1-3H3,(H,29,34)(H,30,36)/t16-,17-,24-/m1/s1. The van der Waals surface area contributed by atoms with E-state index in [0.29, 0.717) is 23.7 Å². The van der Waals surface area contributed by atoms with Gasteiger partial charge in [-0.2, -0.15) is 0 Å². The Morgan fingerprint density at radius 2 is 1.84 bits per heavy atom. The van der Waals surface area contributed by atoms with E-state index >= 15 is 0 Å². The summed E-state index contributed by atoms with van der Waals surface area (Å²) in [6.07, 6.45) is 1.25. The Hall–Kier alpha value is -3.66. The van der Waals surface area contributed by atoms with E-state index in [9.17, 15) is 23.9 Å². The normalized spacial score (nSPS) is 20.1. The molecule has 198 valence electrons. The number of halogens is 1. The molecule has 4 amide bonds. The quantitative estimate of drug-likeness (QED) is 0.525.